The molecule has 1 N–H and O–H groups in total. The largest absolute Gasteiger partial charge is 0.352 e. The quantitative estimate of drug-likeness (QED) is 0.903. The van der Waals surface area contributed by atoms with E-state index >= 15 is 0 Å². The zero-order chi connectivity index (χ0) is 19.0. The maximum Gasteiger partial charge on any atom is 0.251 e. The summed E-state index contributed by atoms with van der Waals surface area (Å²) in [6.07, 6.45) is 5.24. The molecule has 1 aliphatic heterocycles. The highest BCUT2D eigenvalue weighted by molar-refractivity contribution is 5.97. The molecule has 2 aromatic rings. The standard InChI is InChI=1S/C21H26N4O2/c1-13-14(2)24-19-10-16(7-8-18(19)23-13)21(27)22-11-15-9-20(26)25(12-15)17-5-3-4-6-17/h7-8,10,15,17H,3-6,9,11-12H2,1-2H3,(H,22,27)/t15-/m0/s1. The van der Waals surface area contributed by atoms with Gasteiger partial charge in [0.15, 0.2) is 0 Å². The van der Waals surface area contributed by atoms with Crippen LogP contribution in [0.25, 0.3) is 11.0 Å². The van der Waals surface area contributed by atoms with Gasteiger partial charge in [0.05, 0.1) is 22.4 Å². The molecule has 1 atom stereocenters. The summed E-state index contributed by atoms with van der Waals surface area (Å²) in [5.74, 6) is 0.323. The van der Waals surface area contributed by atoms with Crippen LogP contribution >= 0.6 is 0 Å². The lowest BCUT2D eigenvalue weighted by molar-refractivity contribution is -0.129. The van der Waals surface area contributed by atoms with Gasteiger partial charge < -0.3 is 10.2 Å². The number of fused-ring (bicyclic) bond motifs is 1. The van der Waals surface area contributed by atoms with Crippen molar-refractivity contribution in [2.24, 2.45) is 5.92 Å². The first-order chi connectivity index (χ1) is 13.0. The molecule has 2 heterocycles. The molecule has 2 amide bonds. The van der Waals surface area contributed by atoms with Gasteiger partial charge in [-0.2, -0.15) is 0 Å². The van der Waals surface area contributed by atoms with E-state index < -0.39 is 0 Å². The van der Waals surface area contributed by atoms with E-state index in [-0.39, 0.29) is 17.7 Å². The summed E-state index contributed by atoms with van der Waals surface area (Å²) < 4.78 is 0. The maximum absolute atomic E-state index is 12.6. The summed E-state index contributed by atoms with van der Waals surface area (Å²) in [5, 5.41) is 3.00. The zero-order valence-electron chi connectivity index (χ0n) is 16.0. The molecule has 27 heavy (non-hydrogen) atoms. The van der Waals surface area contributed by atoms with Crippen LogP contribution in [0.1, 0.15) is 53.8 Å². The third-order valence-electron chi connectivity index (χ3n) is 5.89. The van der Waals surface area contributed by atoms with Crippen LogP contribution in [0.4, 0.5) is 0 Å². The van der Waals surface area contributed by atoms with Crippen LogP contribution < -0.4 is 5.32 Å². The predicted octanol–water partition coefficient (Wildman–Crippen LogP) is 2.77. The molecular weight excluding hydrogens is 340 g/mol. The molecule has 1 aromatic carbocycles. The molecule has 0 bridgehead atoms. The molecule has 1 aliphatic carbocycles. The Balaban J connectivity index is 1.39. The number of carbonyl (C=O) groups is 2. The number of rotatable bonds is 4. The van der Waals surface area contributed by atoms with Crippen molar-refractivity contribution in [3.63, 3.8) is 0 Å². The fourth-order valence-corrected chi connectivity index (χ4v) is 4.23. The van der Waals surface area contributed by atoms with Gasteiger partial charge in [-0.15, -0.1) is 0 Å². The fourth-order valence-electron chi connectivity index (χ4n) is 4.23. The Labute approximate surface area is 159 Å². The van der Waals surface area contributed by atoms with E-state index in [0.717, 1.165) is 41.8 Å². The lowest BCUT2D eigenvalue weighted by Gasteiger charge is -2.24. The molecule has 2 aliphatic rings. The van der Waals surface area contributed by atoms with Gasteiger partial charge in [0, 0.05) is 37.0 Å². The maximum atomic E-state index is 12.6. The third kappa shape index (κ3) is 3.66. The number of likely N-dealkylation sites (tertiary alicyclic amines) is 1. The Bertz CT molecular complexity index is 889. The molecule has 6 heteroatoms. The average Bonchev–Trinajstić information content (AvgIpc) is 3.29. The van der Waals surface area contributed by atoms with Crippen molar-refractivity contribution < 1.29 is 9.59 Å². The first-order valence-corrected chi connectivity index (χ1v) is 9.84. The van der Waals surface area contributed by atoms with E-state index in [4.69, 9.17) is 0 Å². The molecule has 0 spiro atoms. The van der Waals surface area contributed by atoms with Gasteiger partial charge in [-0.25, -0.2) is 9.97 Å². The van der Waals surface area contributed by atoms with Crippen molar-refractivity contribution in [1.29, 1.82) is 0 Å². The number of hydrogen-bond acceptors (Lipinski definition) is 4. The summed E-state index contributed by atoms with van der Waals surface area (Å²) >= 11 is 0. The van der Waals surface area contributed by atoms with E-state index in [1.54, 1.807) is 12.1 Å². The van der Waals surface area contributed by atoms with Gasteiger partial charge in [-0.3, -0.25) is 9.59 Å². The Morgan fingerprint density at radius 3 is 2.59 bits per heavy atom. The highest BCUT2D eigenvalue weighted by Gasteiger charge is 2.35. The molecule has 0 radical (unpaired) electrons. The first-order valence-electron chi connectivity index (χ1n) is 9.84. The van der Waals surface area contributed by atoms with E-state index in [1.807, 2.05) is 24.8 Å². The lowest BCUT2D eigenvalue weighted by atomic mass is 10.1. The summed E-state index contributed by atoms with van der Waals surface area (Å²) in [6.45, 7) is 5.15. The van der Waals surface area contributed by atoms with Crippen LogP contribution in [0.15, 0.2) is 18.2 Å². The van der Waals surface area contributed by atoms with Crippen LogP contribution in [0.3, 0.4) is 0 Å². The second-order valence-electron chi connectivity index (χ2n) is 7.86. The number of nitrogens with one attached hydrogen (secondary N) is 1. The Morgan fingerprint density at radius 2 is 1.85 bits per heavy atom. The Kier molecular flexibility index (Phi) is 4.81. The van der Waals surface area contributed by atoms with Crippen LogP contribution in [0.2, 0.25) is 0 Å². The summed E-state index contributed by atoms with van der Waals surface area (Å²) in [6, 6.07) is 5.83. The van der Waals surface area contributed by atoms with Gasteiger partial charge in [0.2, 0.25) is 5.91 Å². The highest BCUT2D eigenvalue weighted by Crippen LogP contribution is 2.29. The minimum absolute atomic E-state index is 0.122. The highest BCUT2D eigenvalue weighted by atomic mass is 16.2. The zero-order valence-corrected chi connectivity index (χ0v) is 16.0. The van der Waals surface area contributed by atoms with E-state index in [0.29, 0.717) is 24.6 Å². The molecule has 6 nitrogen and oxygen atoms in total. The van der Waals surface area contributed by atoms with E-state index in [1.165, 1.54) is 12.8 Å². The van der Waals surface area contributed by atoms with E-state index in [2.05, 4.69) is 15.3 Å². The summed E-state index contributed by atoms with van der Waals surface area (Å²) in [7, 11) is 0. The molecule has 1 saturated heterocycles. The third-order valence-corrected chi connectivity index (χ3v) is 5.89. The lowest BCUT2D eigenvalue weighted by Crippen LogP contribution is -2.36. The number of carbonyl (C=O) groups excluding carboxylic acids is 2. The van der Waals surface area contributed by atoms with Crippen LogP contribution in [-0.4, -0.2) is 45.8 Å². The molecule has 1 aromatic heterocycles. The molecule has 4 rings (SSSR count). The van der Waals surface area contributed by atoms with Crippen molar-refractivity contribution in [2.75, 3.05) is 13.1 Å². The van der Waals surface area contributed by atoms with Crippen molar-refractivity contribution in [1.82, 2.24) is 20.2 Å². The van der Waals surface area contributed by atoms with Gasteiger partial charge in [-0.05, 0) is 44.9 Å². The molecule has 2 fully saturated rings. The first kappa shape index (κ1) is 17.9. The normalized spacial score (nSPS) is 20.6. The average molecular weight is 366 g/mol. The predicted molar refractivity (Wildman–Crippen MR) is 103 cm³/mol. The van der Waals surface area contributed by atoms with Gasteiger partial charge >= 0.3 is 0 Å². The van der Waals surface area contributed by atoms with Crippen LogP contribution in [0.5, 0.6) is 0 Å². The van der Waals surface area contributed by atoms with Gasteiger partial charge in [0.1, 0.15) is 0 Å². The van der Waals surface area contributed by atoms with Crippen LogP contribution in [0, 0.1) is 19.8 Å². The SMILES string of the molecule is Cc1nc2ccc(C(=O)NC[C@@H]3CC(=O)N(C4CCCC4)C3)cc2nc1C. The van der Waals surface area contributed by atoms with Gasteiger partial charge in [0.25, 0.3) is 5.91 Å². The monoisotopic (exact) mass is 366 g/mol. The number of hydrogen-bond donors (Lipinski definition) is 1. The number of amides is 2. The fraction of sp³-hybridized carbons (Fsp3) is 0.524. The second kappa shape index (κ2) is 7.25. The number of aryl methyl sites for hydroxylation is 2. The van der Waals surface area contributed by atoms with Crippen molar-refractivity contribution >= 4 is 22.8 Å². The summed E-state index contributed by atoms with van der Waals surface area (Å²) in [5.41, 5.74) is 3.88. The van der Waals surface area contributed by atoms with Crippen molar-refractivity contribution in [3.8, 4) is 0 Å². The molecule has 1 saturated carbocycles. The molecular formula is C21H26N4O2. The van der Waals surface area contributed by atoms with Gasteiger partial charge in [-0.1, -0.05) is 12.8 Å². The number of benzene rings is 1. The van der Waals surface area contributed by atoms with Crippen LogP contribution in [-0.2, 0) is 4.79 Å². The number of nitrogens with zero attached hydrogens (tertiary/aromatic N) is 3. The minimum atomic E-state index is -0.122. The molecule has 0 unspecified atom stereocenters. The van der Waals surface area contributed by atoms with E-state index in [9.17, 15) is 9.59 Å². The topological polar surface area (TPSA) is 75.2 Å². The minimum Gasteiger partial charge on any atom is -0.352 e. The van der Waals surface area contributed by atoms with Crippen molar-refractivity contribution in [3.05, 3.63) is 35.2 Å². The smallest absolute Gasteiger partial charge is 0.251 e. The molecule has 142 valence electrons. The Morgan fingerprint density at radius 1 is 1.15 bits per heavy atom. The summed E-state index contributed by atoms with van der Waals surface area (Å²) in [4.78, 5) is 35.9. The second-order valence-corrected chi connectivity index (χ2v) is 7.86. The number of aromatic nitrogens is 2. The Hall–Kier alpha value is -2.50. The van der Waals surface area contributed by atoms with Crippen molar-refractivity contribution in [2.45, 2.75) is 52.0 Å².